The van der Waals surface area contributed by atoms with Crippen molar-refractivity contribution >= 4 is 17.5 Å². The predicted octanol–water partition coefficient (Wildman–Crippen LogP) is -0.127. The molecule has 0 aromatic carbocycles. The summed E-state index contributed by atoms with van der Waals surface area (Å²) in [5.74, 6) is 1.30. The third-order valence-corrected chi connectivity index (χ3v) is 3.01. The van der Waals surface area contributed by atoms with Gasteiger partial charge < -0.3 is 15.5 Å². The molecule has 0 aliphatic heterocycles. The van der Waals surface area contributed by atoms with Crippen LogP contribution in [0.2, 0.25) is 0 Å². The third kappa shape index (κ3) is 3.94. The average molecular weight is 303 g/mol. The first-order valence-corrected chi connectivity index (χ1v) is 7.12. The van der Waals surface area contributed by atoms with Gasteiger partial charge >= 0.3 is 0 Å². The Labute approximate surface area is 129 Å². The maximum absolute atomic E-state index is 11.6. The minimum Gasteiger partial charge on any atom is -0.357 e. The number of guanidine groups is 1. The fourth-order valence-electron chi connectivity index (χ4n) is 1.81. The van der Waals surface area contributed by atoms with Gasteiger partial charge in [-0.2, -0.15) is 0 Å². The molecule has 8 nitrogen and oxygen atoms in total. The Morgan fingerprint density at radius 2 is 2.14 bits per heavy atom. The van der Waals surface area contributed by atoms with E-state index in [2.05, 4.69) is 25.8 Å². The number of carbonyl (C=O) groups is 1. The number of likely N-dealkylation sites (N-methyl/N-ethyl adjacent to an activating group) is 1. The zero-order chi connectivity index (χ0) is 15.9. The van der Waals surface area contributed by atoms with E-state index in [1.54, 1.807) is 14.1 Å². The lowest BCUT2D eigenvalue weighted by Gasteiger charge is -2.13. The molecule has 0 spiro atoms. The minimum absolute atomic E-state index is 0.0152. The molecule has 2 aromatic heterocycles. The van der Waals surface area contributed by atoms with Crippen LogP contribution in [0.25, 0.3) is 5.65 Å². The smallest absolute Gasteiger partial charge is 0.241 e. The number of fused-ring (bicyclic) bond motifs is 1. The van der Waals surface area contributed by atoms with Crippen LogP contribution < -0.4 is 10.6 Å². The normalized spacial score (nSPS) is 11.5. The van der Waals surface area contributed by atoms with Gasteiger partial charge in [-0.1, -0.05) is 6.07 Å². The number of hydrogen-bond acceptors (Lipinski definition) is 4. The van der Waals surface area contributed by atoms with E-state index in [-0.39, 0.29) is 12.5 Å². The summed E-state index contributed by atoms with van der Waals surface area (Å²) in [5.41, 5.74) is 0.786. The highest BCUT2D eigenvalue weighted by Crippen LogP contribution is 2.03. The molecule has 2 N–H and O–H groups in total. The van der Waals surface area contributed by atoms with Crippen LogP contribution in [0.15, 0.2) is 29.4 Å². The van der Waals surface area contributed by atoms with Gasteiger partial charge in [0.2, 0.25) is 5.91 Å². The number of rotatable bonds is 5. The van der Waals surface area contributed by atoms with E-state index >= 15 is 0 Å². The van der Waals surface area contributed by atoms with E-state index < -0.39 is 0 Å². The number of nitrogens with one attached hydrogen (secondary N) is 2. The Balaban J connectivity index is 2.05. The summed E-state index contributed by atoms with van der Waals surface area (Å²) >= 11 is 0. The summed E-state index contributed by atoms with van der Waals surface area (Å²) in [7, 11) is 3.44. The molecule has 1 amide bonds. The zero-order valence-electron chi connectivity index (χ0n) is 13.1. The number of hydrogen-bond donors (Lipinski definition) is 2. The Bertz CT molecular complexity index is 662. The van der Waals surface area contributed by atoms with E-state index in [1.165, 1.54) is 4.90 Å². The summed E-state index contributed by atoms with van der Waals surface area (Å²) in [6.45, 7) is 3.25. The van der Waals surface area contributed by atoms with Crippen molar-refractivity contribution in [2.24, 2.45) is 4.99 Å². The van der Waals surface area contributed by atoms with Crippen LogP contribution in [0, 0.1) is 0 Å². The first-order chi connectivity index (χ1) is 10.6. The monoisotopic (exact) mass is 303 g/mol. The predicted molar refractivity (Wildman–Crippen MR) is 84.5 cm³/mol. The van der Waals surface area contributed by atoms with Crippen molar-refractivity contribution in [1.29, 1.82) is 0 Å². The van der Waals surface area contributed by atoms with Crippen LogP contribution in [-0.2, 0) is 11.3 Å². The summed E-state index contributed by atoms with van der Waals surface area (Å²) in [6.07, 6.45) is 1.90. The van der Waals surface area contributed by atoms with Gasteiger partial charge in [-0.25, -0.2) is 4.99 Å². The highest BCUT2D eigenvalue weighted by molar-refractivity contribution is 5.86. The maximum atomic E-state index is 11.6. The van der Waals surface area contributed by atoms with Gasteiger partial charge in [0.1, 0.15) is 6.54 Å². The van der Waals surface area contributed by atoms with Gasteiger partial charge in [0, 0.05) is 26.8 Å². The van der Waals surface area contributed by atoms with Crippen molar-refractivity contribution < 1.29 is 4.79 Å². The fourth-order valence-corrected chi connectivity index (χ4v) is 1.81. The standard InChI is InChI=1S/C14H21N7O/c1-4-15-14(17-10-13(22)20(2)3)16-9-12-19-18-11-7-5-6-8-21(11)12/h5-8H,4,9-10H2,1-3H3,(H2,15,16,17). The molecule has 118 valence electrons. The van der Waals surface area contributed by atoms with Crippen molar-refractivity contribution in [1.82, 2.24) is 30.1 Å². The van der Waals surface area contributed by atoms with Crippen LogP contribution in [0.1, 0.15) is 12.7 Å². The quantitative estimate of drug-likeness (QED) is 0.594. The molecule has 2 heterocycles. The Morgan fingerprint density at radius 1 is 1.32 bits per heavy atom. The van der Waals surface area contributed by atoms with Crippen LogP contribution >= 0.6 is 0 Å². The molecule has 0 unspecified atom stereocenters. The third-order valence-electron chi connectivity index (χ3n) is 3.01. The Hall–Kier alpha value is -2.64. The summed E-state index contributed by atoms with van der Waals surface area (Å²) in [4.78, 5) is 17.6. The van der Waals surface area contributed by atoms with Gasteiger partial charge in [0.25, 0.3) is 0 Å². The van der Waals surface area contributed by atoms with Crippen LogP contribution in [0.4, 0.5) is 0 Å². The molecule has 8 heteroatoms. The summed E-state index contributed by atoms with van der Waals surface area (Å²) in [6, 6.07) is 5.72. The van der Waals surface area contributed by atoms with Gasteiger partial charge in [-0.3, -0.25) is 9.20 Å². The first-order valence-electron chi connectivity index (χ1n) is 7.12. The fraction of sp³-hybridized carbons (Fsp3) is 0.429. The van der Waals surface area contributed by atoms with Crippen LogP contribution in [0.3, 0.4) is 0 Å². The topological polar surface area (TPSA) is 86.9 Å². The number of aromatic nitrogens is 3. The maximum Gasteiger partial charge on any atom is 0.241 e. The lowest BCUT2D eigenvalue weighted by molar-refractivity contribution is -0.127. The molecule has 0 bridgehead atoms. The van der Waals surface area contributed by atoms with E-state index in [0.29, 0.717) is 19.0 Å². The number of carbonyl (C=O) groups excluding carboxylic acids is 1. The molecule has 2 aromatic rings. The second-order valence-corrected chi connectivity index (χ2v) is 4.88. The molecule has 0 radical (unpaired) electrons. The summed E-state index contributed by atoms with van der Waals surface area (Å²) < 4.78 is 1.89. The molecule has 0 atom stereocenters. The van der Waals surface area contributed by atoms with E-state index in [0.717, 1.165) is 11.5 Å². The van der Waals surface area contributed by atoms with E-state index in [9.17, 15) is 4.79 Å². The van der Waals surface area contributed by atoms with Crippen molar-refractivity contribution in [3.05, 3.63) is 30.2 Å². The molecule has 0 fully saturated rings. The zero-order valence-corrected chi connectivity index (χ0v) is 13.1. The SMILES string of the molecule is CCNC(=NCc1nnc2ccccn12)NCC(=O)N(C)C. The van der Waals surface area contributed by atoms with E-state index in [1.807, 2.05) is 35.7 Å². The van der Waals surface area contributed by atoms with Gasteiger partial charge in [-0.05, 0) is 19.1 Å². The molecule has 22 heavy (non-hydrogen) atoms. The lowest BCUT2D eigenvalue weighted by atomic mass is 10.4. The molecule has 0 aliphatic rings. The van der Waals surface area contributed by atoms with Crippen molar-refractivity contribution in [2.75, 3.05) is 27.2 Å². The van der Waals surface area contributed by atoms with Gasteiger partial charge in [-0.15, -0.1) is 10.2 Å². The second kappa shape index (κ2) is 7.39. The highest BCUT2D eigenvalue weighted by Gasteiger charge is 2.07. The molecule has 0 saturated heterocycles. The van der Waals surface area contributed by atoms with Crippen LogP contribution in [0.5, 0.6) is 0 Å². The second-order valence-electron chi connectivity index (χ2n) is 4.88. The number of pyridine rings is 1. The largest absolute Gasteiger partial charge is 0.357 e. The molecule has 2 rings (SSSR count). The highest BCUT2D eigenvalue weighted by atomic mass is 16.2. The average Bonchev–Trinajstić information content (AvgIpc) is 2.93. The van der Waals surface area contributed by atoms with Gasteiger partial charge in [0.05, 0.1) is 6.54 Å². The van der Waals surface area contributed by atoms with Gasteiger partial charge in [0.15, 0.2) is 17.4 Å². The first kappa shape index (κ1) is 15.7. The van der Waals surface area contributed by atoms with E-state index in [4.69, 9.17) is 0 Å². The molecule has 0 saturated carbocycles. The molecular formula is C14H21N7O. The minimum atomic E-state index is -0.0152. The number of aliphatic imine (C=N–C) groups is 1. The number of nitrogens with zero attached hydrogens (tertiary/aromatic N) is 5. The molecule has 0 aliphatic carbocycles. The van der Waals surface area contributed by atoms with Crippen LogP contribution in [-0.4, -0.2) is 58.5 Å². The number of amides is 1. The molecular weight excluding hydrogens is 282 g/mol. The Kier molecular flexibility index (Phi) is 5.29. The lowest BCUT2D eigenvalue weighted by Crippen LogP contribution is -2.42. The van der Waals surface area contributed by atoms with Crippen molar-refractivity contribution in [3.8, 4) is 0 Å². The van der Waals surface area contributed by atoms with Crippen molar-refractivity contribution in [3.63, 3.8) is 0 Å². The van der Waals surface area contributed by atoms with Crippen molar-refractivity contribution in [2.45, 2.75) is 13.5 Å². The Morgan fingerprint density at radius 3 is 2.86 bits per heavy atom. The summed E-state index contributed by atoms with van der Waals surface area (Å²) in [5, 5.41) is 14.3.